The maximum absolute atomic E-state index is 11.9. The average molecular weight is 187 g/mol. The first-order chi connectivity index (χ1) is 6.09. The topological polar surface area (TPSA) is 46.2 Å². The number of rotatable bonds is 3. The van der Waals surface area contributed by atoms with Crippen LogP contribution in [0.2, 0.25) is 0 Å². The third-order valence-corrected chi connectivity index (χ3v) is 1.73. The molecule has 1 atom stereocenters. The Labute approximate surface area is 75.0 Å². The van der Waals surface area contributed by atoms with Gasteiger partial charge in [-0.05, 0) is 17.7 Å². The third kappa shape index (κ3) is 2.99. The molecule has 0 aliphatic carbocycles. The number of aromatic hydroxyl groups is 1. The lowest BCUT2D eigenvalue weighted by Gasteiger charge is -2.10. The van der Waals surface area contributed by atoms with Crippen LogP contribution in [0, 0.1) is 0 Å². The number of halogens is 2. The summed E-state index contributed by atoms with van der Waals surface area (Å²) in [5.41, 5.74) is 6.00. The SMILES string of the molecule is N[C@H](CC(F)F)c1cccc(O)c1. The molecular formula is C9H11F2NO. The number of hydrogen-bond donors (Lipinski definition) is 2. The number of alkyl halides is 2. The Balaban J connectivity index is 2.71. The summed E-state index contributed by atoms with van der Waals surface area (Å²) in [5, 5.41) is 9.05. The number of phenolic OH excluding ortho intramolecular Hbond substituents is 1. The largest absolute Gasteiger partial charge is 0.508 e. The Bertz CT molecular complexity index is 278. The van der Waals surface area contributed by atoms with Gasteiger partial charge in [0.2, 0.25) is 6.43 Å². The first-order valence-electron chi connectivity index (χ1n) is 3.92. The molecule has 0 aliphatic heterocycles. The van der Waals surface area contributed by atoms with Crippen LogP contribution in [-0.4, -0.2) is 11.5 Å². The molecule has 0 unspecified atom stereocenters. The molecule has 72 valence electrons. The van der Waals surface area contributed by atoms with Crippen molar-refractivity contribution in [1.29, 1.82) is 0 Å². The normalized spacial score (nSPS) is 13.2. The first-order valence-corrected chi connectivity index (χ1v) is 3.92. The Kier molecular flexibility index (Phi) is 3.19. The summed E-state index contributed by atoms with van der Waals surface area (Å²) in [7, 11) is 0. The van der Waals surface area contributed by atoms with E-state index in [0.717, 1.165) is 0 Å². The van der Waals surface area contributed by atoms with E-state index in [9.17, 15) is 8.78 Å². The summed E-state index contributed by atoms with van der Waals surface area (Å²) in [5.74, 6) is 0.0437. The predicted octanol–water partition coefficient (Wildman–Crippen LogP) is 2.05. The van der Waals surface area contributed by atoms with Crippen molar-refractivity contribution in [1.82, 2.24) is 0 Å². The molecule has 0 aromatic heterocycles. The van der Waals surface area contributed by atoms with E-state index in [0.29, 0.717) is 5.56 Å². The van der Waals surface area contributed by atoms with Gasteiger partial charge in [0.15, 0.2) is 0 Å². The second kappa shape index (κ2) is 4.18. The zero-order valence-corrected chi connectivity index (χ0v) is 6.95. The lowest BCUT2D eigenvalue weighted by molar-refractivity contribution is 0.128. The van der Waals surface area contributed by atoms with Crippen LogP contribution in [0.15, 0.2) is 24.3 Å². The highest BCUT2D eigenvalue weighted by Crippen LogP contribution is 2.21. The molecule has 3 N–H and O–H groups in total. The molecule has 0 bridgehead atoms. The molecule has 0 radical (unpaired) electrons. The minimum Gasteiger partial charge on any atom is -0.508 e. The fourth-order valence-corrected chi connectivity index (χ4v) is 1.08. The summed E-state index contributed by atoms with van der Waals surface area (Å²) in [6.45, 7) is 0. The highest BCUT2D eigenvalue weighted by molar-refractivity contribution is 5.29. The predicted molar refractivity (Wildman–Crippen MR) is 45.7 cm³/mol. The van der Waals surface area contributed by atoms with Gasteiger partial charge in [-0.15, -0.1) is 0 Å². The summed E-state index contributed by atoms with van der Waals surface area (Å²) < 4.78 is 23.9. The minimum atomic E-state index is -2.42. The van der Waals surface area contributed by atoms with E-state index in [1.165, 1.54) is 12.1 Å². The van der Waals surface area contributed by atoms with E-state index in [-0.39, 0.29) is 12.2 Å². The van der Waals surface area contributed by atoms with E-state index in [4.69, 9.17) is 10.8 Å². The van der Waals surface area contributed by atoms with Crippen LogP contribution in [-0.2, 0) is 0 Å². The molecule has 1 aromatic carbocycles. The lowest BCUT2D eigenvalue weighted by Crippen LogP contribution is -2.13. The van der Waals surface area contributed by atoms with Crippen LogP contribution < -0.4 is 5.73 Å². The van der Waals surface area contributed by atoms with Crippen LogP contribution in [0.5, 0.6) is 5.75 Å². The van der Waals surface area contributed by atoms with E-state index in [2.05, 4.69) is 0 Å². The van der Waals surface area contributed by atoms with E-state index in [1.54, 1.807) is 12.1 Å². The number of nitrogens with two attached hydrogens (primary N) is 1. The zero-order chi connectivity index (χ0) is 9.84. The van der Waals surface area contributed by atoms with E-state index >= 15 is 0 Å². The van der Waals surface area contributed by atoms with Crippen molar-refractivity contribution in [3.8, 4) is 5.75 Å². The molecular weight excluding hydrogens is 176 g/mol. The van der Waals surface area contributed by atoms with Crippen LogP contribution in [0.25, 0.3) is 0 Å². The van der Waals surface area contributed by atoms with Crippen LogP contribution in [0.3, 0.4) is 0 Å². The molecule has 1 rings (SSSR count). The number of benzene rings is 1. The van der Waals surface area contributed by atoms with Gasteiger partial charge < -0.3 is 10.8 Å². The van der Waals surface area contributed by atoms with Crippen molar-refractivity contribution < 1.29 is 13.9 Å². The molecule has 0 heterocycles. The molecule has 0 fully saturated rings. The zero-order valence-electron chi connectivity index (χ0n) is 6.95. The molecule has 0 saturated heterocycles. The molecule has 0 spiro atoms. The van der Waals surface area contributed by atoms with Gasteiger partial charge >= 0.3 is 0 Å². The second-order valence-electron chi connectivity index (χ2n) is 2.83. The van der Waals surface area contributed by atoms with Crippen LogP contribution in [0.4, 0.5) is 8.78 Å². The summed E-state index contributed by atoms with van der Waals surface area (Å²) in [6.07, 6.45) is -2.80. The smallest absolute Gasteiger partial charge is 0.240 e. The molecule has 0 aliphatic rings. The van der Waals surface area contributed by atoms with Crippen LogP contribution in [0.1, 0.15) is 18.0 Å². The Morgan fingerprint density at radius 1 is 1.38 bits per heavy atom. The molecule has 0 amide bonds. The quantitative estimate of drug-likeness (QED) is 0.760. The Morgan fingerprint density at radius 2 is 2.08 bits per heavy atom. The molecule has 2 nitrogen and oxygen atoms in total. The Hall–Kier alpha value is -1.16. The summed E-state index contributed by atoms with van der Waals surface area (Å²) >= 11 is 0. The van der Waals surface area contributed by atoms with Gasteiger partial charge in [0.05, 0.1) is 0 Å². The fourth-order valence-electron chi connectivity index (χ4n) is 1.08. The van der Waals surface area contributed by atoms with Crippen molar-refractivity contribution >= 4 is 0 Å². The Morgan fingerprint density at radius 3 is 2.62 bits per heavy atom. The molecule has 13 heavy (non-hydrogen) atoms. The maximum atomic E-state index is 11.9. The van der Waals surface area contributed by atoms with E-state index in [1.807, 2.05) is 0 Å². The van der Waals surface area contributed by atoms with Gasteiger partial charge in [-0.25, -0.2) is 8.78 Å². The van der Waals surface area contributed by atoms with Gasteiger partial charge in [-0.2, -0.15) is 0 Å². The first kappa shape index (κ1) is 9.92. The van der Waals surface area contributed by atoms with Crippen molar-refractivity contribution in [3.05, 3.63) is 29.8 Å². The van der Waals surface area contributed by atoms with Crippen molar-refractivity contribution in [2.45, 2.75) is 18.9 Å². The lowest BCUT2D eigenvalue weighted by atomic mass is 10.1. The number of hydrogen-bond acceptors (Lipinski definition) is 2. The standard InChI is InChI=1S/C9H11F2NO/c10-9(11)5-8(12)6-2-1-3-7(13)4-6/h1-4,8-9,13H,5,12H2/t8-/m1/s1. The highest BCUT2D eigenvalue weighted by Gasteiger charge is 2.12. The third-order valence-electron chi connectivity index (χ3n) is 1.73. The van der Waals surface area contributed by atoms with Gasteiger partial charge in [-0.3, -0.25) is 0 Å². The van der Waals surface area contributed by atoms with Crippen molar-refractivity contribution in [2.75, 3.05) is 0 Å². The number of phenols is 1. The highest BCUT2D eigenvalue weighted by atomic mass is 19.3. The van der Waals surface area contributed by atoms with Crippen molar-refractivity contribution in [3.63, 3.8) is 0 Å². The monoisotopic (exact) mass is 187 g/mol. The summed E-state index contributed by atoms with van der Waals surface area (Å²) in [4.78, 5) is 0. The van der Waals surface area contributed by atoms with Crippen molar-refractivity contribution in [2.24, 2.45) is 5.73 Å². The van der Waals surface area contributed by atoms with Gasteiger partial charge in [0.1, 0.15) is 5.75 Å². The second-order valence-corrected chi connectivity index (χ2v) is 2.83. The van der Waals surface area contributed by atoms with Gasteiger partial charge in [0.25, 0.3) is 0 Å². The molecule has 0 saturated carbocycles. The maximum Gasteiger partial charge on any atom is 0.240 e. The average Bonchev–Trinajstić information content (AvgIpc) is 2.03. The van der Waals surface area contributed by atoms with Gasteiger partial charge in [0, 0.05) is 12.5 Å². The molecule has 4 heteroatoms. The van der Waals surface area contributed by atoms with E-state index < -0.39 is 12.5 Å². The van der Waals surface area contributed by atoms with Gasteiger partial charge in [-0.1, -0.05) is 12.1 Å². The minimum absolute atomic E-state index is 0.0437. The molecule has 1 aromatic rings. The fraction of sp³-hybridized carbons (Fsp3) is 0.333. The summed E-state index contributed by atoms with van der Waals surface area (Å²) in [6, 6.07) is 5.35. The van der Waals surface area contributed by atoms with Crippen LogP contribution >= 0.6 is 0 Å².